The van der Waals surface area contributed by atoms with Crippen LogP contribution in [-0.4, -0.2) is 35.8 Å². The van der Waals surface area contributed by atoms with Crippen molar-refractivity contribution in [1.82, 2.24) is 4.90 Å². The molecular weight excluding hydrogens is 336 g/mol. The van der Waals surface area contributed by atoms with E-state index in [4.69, 9.17) is 0 Å². The Hall–Kier alpha value is -2.46. The third kappa shape index (κ3) is 3.67. The Labute approximate surface area is 160 Å². The van der Waals surface area contributed by atoms with Gasteiger partial charge in [0, 0.05) is 0 Å². The minimum Gasteiger partial charge on any atom is -0.292 e. The van der Waals surface area contributed by atoms with E-state index < -0.39 is 0 Å². The maximum atomic E-state index is 13.0. The number of carbonyl (C=O) groups is 2. The number of amides is 2. The fourth-order valence-electron chi connectivity index (χ4n) is 4.38. The first kappa shape index (κ1) is 17.9. The van der Waals surface area contributed by atoms with Gasteiger partial charge in [0.05, 0.1) is 18.2 Å². The number of anilines is 1. The van der Waals surface area contributed by atoms with Crippen LogP contribution in [0.1, 0.15) is 30.4 Å². The molecule has 2 fully saturated rings. The van der Waals surface area contributed by atoms with Gasteiger partial charge in [-0.25, -0.2) is 4.90 Å². The Kier molecular flexibility index (Phi) is 5.08. The van der Waals surface area contributed by atoms with Gasteiger partial charge in [-0.2, -0.15) is 0 Å². The zero-order chi connectivity index (χ0) is 18.8. The largest absolute Gasteiger partial charge is 0.292 e. The highest BCUT2D eigenvalue weighted by Crippen LogP contribution is 2.31. The van der Waals surface area contributed by atoms with Gasteiger partial charge in [0.25, 0.3) is 5.91 Å². The second-order valence-corrected chi connectivity index (χ2v) is 7.74. The molecule has 2 heterocycles. The molecule has 0 N–H and O–H groups in total. The van der Waals surface area contributed by atoms with Crippen molar-refractivity contribution in [2.45, 2.75) is 38.6 Å². The molecule has 2 aromatic carbocycles. The molecule has 4 rings (SSSR count). The van der Waals surface area contributed by atoms with E-state index in [2.05, 4.69) is 35.2 Å². The molecule has 2 aliphatic rings. The molecule has 0 saturated carbocycles. The highest BCUT2D eigenvalue weighted by Gasteiger charge is 2.43. The third-order valence-corrected chi connectivity index (χ3v) is 5.94. The predicted octanol–water partition coefficient (Wildman–Crippen LogP) is 3.58. The van der Waals surface area contributed by atoms with Crippen molar-refractivity contribution in [3.05, 3.63) is 65.7 Å². The monoisotopic (exact) mass is 362 g/mol. The quantitative estimate of drug-likeness (QED) is 0.781. The number of likely N-dealkylation sites (tertiary alicyclic amines) is 1. The lowest BCUT2D eigenvalue weighted by atomic mass is 9.89. The molecule has 1 atom stereocenters. The summed E-state index contributed by atoms with van der Waals surface area (Å²) in [4.78, 5) is 29.2. The van der Waals surface area contributed by atoms with Gasteiger partial charge in [0.15, 0.2) is 0 Å². The maximum absolute atomic E-state index is 13.0. The molecule has 0 aromatic heterocycles. The highest BCUT2D eigenvalue weighted by molar-refractivity contribution is 6.22. The molecular formula is C23H26N2O2. The van der Waals surface area contributed by atoms with Crippen LogP contribution in [-0.2, 0) is 16.0 Å². The first-order valence-electron chi connectivity index (χ1n) is 9.84. The molecule has 0 bridgehead atoms. The summed E-state index contributed by atoms with van der Waals surface area (Å²) in [6.45, 7) is 3.73. The summed E-state index contributed by atoms with van der Waals surface area (Å²) in [5.74, 6) is 0.518. The lowest BCUT2D eigenvalue weighted by Gasteiger charge is -2.35. The Morgan fingerprint density at radius 1 is 0.926 bits per heavy atom. The van der Waals surface area contributed by atoms with Gasteiger partial charge < -0.3 is 0 Å². The summed E-state index contributed by atoms with van der Waals surface area (Å²) >= 11 is 0. The van der Waals surface area contributed by atoms with Crippen LogP contribution in [0.15, 0.2) is 54.6 Å². The summed E-state index contributed by atoms with van der Waals surface area (Å²) in [6, 6.07) is 17.9. The van der Waals surface area contributed by atoms with Crippen molar-refractivity contribution in [2.75, 3.05) is 18.0 Å². The second kappa shape index (κ2) is 7.65. The van der Waals surface area contributed by atoms with Crippen molar-refractivity contribution in [1.29, 1.82) is 0 Å². The molecule has 4 heteroatoms. The third-order valence-electron chi connectivity index (χ3n) is 5.94. The summed E-state index contributed by atoms with van der Waals surface area (Å²) in [7, 11) is 0. The van der Waals surface area contributed by atoms with E-state index in [-0.39, 0.29) is 17.9 Å². The van der Waals surface area contributed by atoms with E-state index in [0.717, 1.165) is 43.6 Å². The zero-order valence-corrected chi connectivity index (χ0v) is 15.8. The fourth-order valence-corrected chi connectivity index (χ4v) is 4.38. The Bertz CT molecular complexity index is 825. The number of rotatable bonds is 4. The Morgan fingerprint density at radius 3 is 2.30 bits per heavy atom. The van der Waals surface area contributed by atoms with E-state index in [0.29, 0.717) is 12.3 Å². The van der Waals surface area contributed by atoms with Gasteiger partial charge in [0.1, 0.15) is 0 Å². The van der Waals surface area contributed by atoms with Crippen molar-refractivity contribution < 1.29 is 9.59 Å². The average molecular weight is 362 g/mol. The molecule has 0 spiro atoms. The minimum absolute atomic E-state index is 0.0594. The number of para-hydroxylation sites is 1. The highest BCUT2D eigenvalue weighted by atomic mass is 16.2. The molecule has 0 aliphatic carbocycles. The zero-order valence-electron chi connectivity index (χ0n) is 15.8. The number of piperidine rings is 1. The number of imide groups is 1. The summed E-state index contributed by atoms with van der Waals surface area (Å²) in [6.07, 6.45) is 3.56. The number of nitrogens with zero attached hydrogens (tertiary/aromatic N) is 2. The molecule has 2 aromatic rings. The lowest BCUT2D eigenvalue weighted by molar-refractivity contribution is -0.123. The maximum Gasteiger partial charge on any atom is 0.251 e. The molecule has 4 nitrogen and oxygen atoms in total. The smallest absolute Gasteiger partial charge is 0.251 e. The summed E-state index contributed by atoms with van der Waals surface area (Å²) in [5.41, 5.74) is 3.07. The van der Waals surface area contributed by atoms with Crippen LogP contribution in [0.25, 0.3) is 0 Å². The van der Waals surface area contributed by atoms with E-state index in [1.165, 1.54) is 10.5 Å². The average Bonchev–Trinajstić information content (AvgIpc) is 2.98. The van der Waals surface area contributed by atoms with Crippen molar-refractivity contribution in [3.63, 3.8) is 0 Å². The molecule has 2 saturated heterocycles. The number of benzene rings is 2. The number of hydrogen-bond acceptors (Lipinski definition) is 3. The van der Waals surface area contributed by atoms with Crippen molar-refractivity contribution in [3.8, 4) is 0 Å². The van der Waals surface area contributed by atoms with Gasteiger partial charge in [-0.15, -0.1) is 0 Å². The topological polar surface area (TPSA) is 40.6 Å². The van der Waals surface area contributed by atoms with Crippen LogP contribution >= 0.6 is 0 Å². The molecule has 140 valence electrons. The van der Waals surface area contributed by atoms with E-state index in [1.807, 2.05) is 31.2 Å². The van der Waals surface area contributed by atoms with E-state index in [1.54, 1.807) is 0 Å². The van der Waals surface area contributed by atoms with Crippen LogP contribution in [0.4, 0.5) is 5.69 Å². The Balaban J connectivity index is 1.40. The van der Waals surface area contributed by atoms with Crippen LogP contribution in [0.3, 0.4) is 0 Å². The number of aryl methyl sites for hydroxylation is 1. The van der Waals surface area contributed by atoms with Crippen molar-refractivity contribution in [2.24, 2.45) is 5.92 Å². The van der Waals surface area contributed by atoms with Gasteiger partial charge in [0.2, 0.25) is 5.91 Å². The molecule has 27 heavy (non-hydrogen) atoms. The molecule has 0 unspecified atom stereocenters. The van der Waals surface area contributed by atoms with Crippen molar-refractivity contribution >= 4 is 17.5 Å². The van der Waals surface area contributed by atoms with Crippen LogP contribution < -0.4 is 4.90 Å². The summed E-state index contributed by atoms with van der Waals surface area (Å²) in [5, 5.41) is 0. The van der Waals surface area contributed by atoms with Crippen LogP contribution in [0, 0.1) is 12.8 Å². The minimum atomic E-state index is -0.296. The van der Waals surface area contributed by atoms with Gasteiger partial charge in [-0.3, -0.25) is 14.5 Å². The normalized spacial score (nSPS) is 21.8. The van der Waals surface area contributed by atoms with Gasteiger partial charge >= 0.3 is 0 Å². The Morgan fingerprint density at radius 2 is 1.59 bits per heavy atom. The second-order valence-electron chi connectivity index (χ2n) is 7.74. The van der Waals surface area contributed by atoms with Gasteiger partial charge in [-0.1, -0.05) is 48.5 Å². The van der Waals surface area contributed by atoms with E-state index in [9.17, 15) is 9.59 Å². The fraction of sp³-hybridized carbons (Fsp3) is 0.391. The molecule has 0 radical (unpaired) electrons. The predicted molar refractivity (Wildman–Crippen MR) is 107 cm³/mol. The SMILES string of the molecule is Cc1ccccc1N1C(=O)C[C@@H](N2CCC(Cc3ccccc3)CC2)C1=O. The first-order valence-corrected chi connectivity index (χ1v) is 9.84. The number of hydrogen-bond donors (Lipinski definition) is 0. The standard InChI is InChI=1S/C23H26N2O2/c1-17-7-5-6-10-20(17)25-22(26)16-21(23(25)27)24-13-11-19(12-14-24)15-18-8-3-2-4-9-18/h2-10,19,21H,11-16H2,1H3/t21-/m1/s1. The molecule has 2 amide bonds. The lowest BCUT2D eigenvalue weighted by Crippen LogP contribution is -2.46. The van der Waals surface area contributed by atoms with Crippen LogP contribution in [0.5, 0.6) is 0 Å². The van der Waals surface area contributed by atoms with Gasteiger partial charge in [-0.05, 0) is 62.4 Å². The van der Waals surface area contributed by atoms with E-state index >= 15 is 0 Å². The van der Waals surface area contributed by atoms with Crippen LogP contribution in [0.2, 0.25) is 0 Å². The summed E-state index contributed by atoms with van der Waals surface area (Å²) < 4.78 is 0. The first-order chi connectivity index (χ1) is 13.1. The molecule has 2 aliphatic heterocycles. The number of carbonyl (C=O) groups excluding carboxylic acids is 2.